The topological polar surface area (TPSA) is 45.1 Å². The predicted molar refractivity (Wildman–Crippen MR) is 67.9 cm³/mol. The number of pyridine rings is 1. The van der Waals surface area contributed by atoms with Gasteiger partial charge >= 0.3 is 0 Å². The van der Waals surface area contributed by atoms with E-state index in [2.05, 4.69) is 22.4 Å². The fourth-order valence-corrected chi connectivity index (χ4v) is 2.55. The summed E-state index contributed by atoms with van der Waals surface area (Å²) in [4.78, 5) is 4.36. The van der Waals surface area contributed by atoms with Crippen LogP contribution < -0.4 is 5.32 Å². The van der Waals surface area contributed by atoms with Gasteiger partial charge in [-0.25, -0.2) is 0 Å². The molecule has 3 rings (SSSR count). The molecule has 1 fully saturated rings. The molecular formula is C14H16N2O. The minimum Gasteiger partial charge on any atom is -0.392 e. The molecule has 2 aromatic rings. The Morgan fingerprint density at radius 1 is 1.29 bits per heavy atom. The summed E-state index contributed by atoms with van der Waals surface area (Å²) < 4.78 is 0. The highest BCUT2D eigenvalue weighted by atomic mass is 16.3. The minimum atomic E-state index is -0.187. The molecule has 1 aliphatic rings. The predicted octanol–water partition coefficient (Wildman–Crippen LogP) is 1.50. The summed E-state index contributed by atoms with van der Waals surface area (Å²) in [6.07, 6.45) is 3.48. The van der Waals surface area contributed by atoms with Crippen molar-refractivity contribution in [1.82, 2.24) is 10.3 Å². The standard InChI is InChI=1S/C14H16N2O/c17-12-8-11(16-9-12)7-10-5-6-15-14-4-2-1-3-13(10)14/h1-6,11-12,16-17H,7-9H2. The number of aliphatic hydroxyl groups excluding tert-OH is 1. The molecule has 1 saturated heterocycles. The average molecular weight is 228 g/mol. The number of β-amino-alcohol motifs (C(OH)–C–C–N with tert-alkyl or cyclic N) is 1. The molecule has 3 heteroatoms. The maximum atomic E-state index is 9.52. The minimum absolute atomic E-state index is 0.187. The number of nitrogens with zero attached hydrogens (tertiary/aromatic N) is 1. The van der Waals surface area contributed by atoms with E-state index < -0.39 is 0 Å². The van der Waals surface area contributed by atoms with Crippen LogP contribution in [0.4, 0.5) is 0 Å². The van der Waals surface area contributed by atoms with Gasteiger partial charge in [0.05, 0.1) is 11.6 Å². The molecule has 0 bridgehead atoms. The van der Waals surface area contributed by atoms with Crippen LogP contribution in [0.3, 0.4) is 0 Å². The Morgan fingerprint density at radius 2 is 2.18 bits per heavy atom. The number of nitrogens with one attached hydrogen (secondary N) is 1. The number of rotatable bonds is 2. The summed E-state index contributed by atoms with van der Waals surface area (Å²) in [7, 11) is 0. The zero-order valence-corrected chi connectivity index (χ0v) is 9.63. The highest BCUT2D eigenvalue weighted by Crippen LogP contribution is 2.20. The van der Waals surface area contributed by atoms with Crippen LogP contribution in [0.15, 0.2) is 36.5 Å². The molecular weight excluding hydrogens is 212 g/mol. The van der Waals surface area contributed by atoms with E-state index in [1.807, 2.05) is 24.4 Å². The fourth-order valence-electron chi connectivity index (χ4n) is 2.55. The highest BCUT2D eigenvalue weighted by Gasteiger charge is 2.22. The lowest BCUT2D eigenvalue weighted by molar-refractivity contribution is 0.193. The number of benzene rings is 1. The monoisotopic (exact) mass is 228 g/mol. The van der Waals surface area contributed by atoms with Crippen molar-refractivity contribution in [1.29, 1.82) is 0 Å². The number of hydrogen-bond acceptors (Lipinski definition) is 3. The summed E-state index contributed by atoms with van der Waals surface area (Å²) in [5, 5.41) is 14.1. The number of para-hydroxylation sites is 1. The van der Waals surface area contributed by atoms with E-state index >= 15 is 0 Å². The van der Waals surface area contributed by atoms with Crippen molar-refractivity contribution >= 4 is 10.9 Å². The van der Waals surface area contributed by atoms with E-state index in [0.29, 0.717) is 12.6 Å². The van der Waals surface area contributed by atoms with E-state index in [1.54, 1.807) is 0 Å². The molecule has 2 unspecified atom stereocenters. The van der Waals surface area contributed by atoms with Crippen molar-refractivity contribution in [3.8, 4) is 0 Å². The van der Waals surface area contributed by atoms with Crippen molar-refractivity contribution in [3.63, 3.8) is 0 Å². The number of aliphatic hydroxyl groups is 1. The van der Waals surface area contributed by atoms with Gasteiger partial charge in [0.25, 0.3) is 0 Å². The third kappa shape index (κ3) is 2.16. The molecule has 1 aromatic heterocycles. The van der Waals surface area contributed by atoms with Gasteiger partial charge in [-0.2, -0.15) is 0 Å². The Morgan fingerprint density at radius 3 is 3.00 bits per heavy atom. The molecule has 0 spiro atoms. The van der Waals surface area contributed by atoms with Crippen LogP contribution in [0.25, 0.3) is 10.9 Å². The maximum absolute atomic E-state index is 9.52. The van der Waals surface area contributed by atoms with E-state index in [-0.39, 0.29) is 6.10 Å². The Kier molecular flexibility index (Phi) is 2.79. The van der Waals surface area contributed by atoms with Gasteiger partial charge in [0.15, 0.2) is 0 Å². The van der Waals surface area contributed by atoms with Gasteiger partial charge in [0.2, 0.25) is 0 Å². The Bertz CT molecular complexity index is 521. The molecule has 1 aromatic carbocycles. The summed E-state index contributed by atoms with van der Waals surface area (Å²) >= 11 is 0. The van der Waals surface area contributed by atoms with Gasteiger partial charge < -0.3 is 10.4 Å². The third-order valence-corrected chi connectivity index (χ3v) is 3.40. The number of hydrogen-bond donors (Lipinski definition) is 2. The van der Waals surface area contributed by atoms with Crippen LogP contribution in [-0.4, -0.2) is 28.8 Å². The zero-order valence-electron chi connectivity index (χ0n) is 9.63. The second-order valence-corrected chi connectivity index (χ2v) is 4.69. The Hall–Kier alpha value is -1.45. The molecule has 0 saturated carbocycles. The normalized spacial score (nSPS) is 24.3. The lowest BCUT2D eigenvalue weighted by Crippen LogP contribution is -2.23. The van der Waals surface area contributed by atoms with Crippen molar-refractivity contribution in [3.05, 3.63) is 42.1 Å². The quantitative estimate of drug-likeness (QED) is 0.818. The third-order valence-electron chi connectivity index (χ3n) is 3.40. The van der Waals surface area contributed by atoms with Gasteiger partial charge in [-0.05, 0) is 30.5 Å². The summed E-state index contributed by atoms with van der Waals surface area (Å²) in [5.41, 5.74) is 2.35. The first-order valence-corrected chi connectivity index (χ1v) is 6.07. The molecule has 2 atom stereocenters. The van der Waals surface area contributed by atoms with Crippen LogP contribution in [0.2, 0.25) is 0 Å². The first kappa shape index (κ1) is 10.7. The average Bonchev–Trinajstić information content (AvgIpc) is 2.75. The highest BCUT2D eigenvalue weighted by molar-refractivity contribution is 5.81. The molecule has 0 aliphatic carbocycles. The van der Waals surface area contributed by atoms with E-state index in [9.17, 15) is 5.11 Å². The number of fused-ring (bicyclic) bond motifs is 1. The maximum Gasteiger partial charge on any atom is 0.0704 e. The fraction of sp³-hybridized carbons (Fsp3) is 0.357. The van der Waals surface area contributed by atoms with Crippen molar-refractivity contribution in [2.24, 2.45) is 0 Å². The Balaban J connectivity index is 1.90. The van der Waals surface area contributed by atoms with Crippen molar-refractivity contribution < 1.29 is 5.11 Å². The van der Waals surface area contributed by atoms with Gasteiger partial charge in [-0.3, -0.25) is 4.98 Å². The molecule has 2 N–H and O–H groups in total. The second-order valence-electron chi connectivity index (χ2n) is 4.69. The zero-order chi connectivity index (χ0) is 11.7. The first-order valence-electron chi connectivity index (χ1n) is 6.07. The van der Waals surface area contributed by atoms with Gasteiger partial charge in [-0.1, -0.05) is 18.2 Å². The largest absolute Gasteiger partial charge is 0.392 e. The van der Waals surface area contributed by atoms with Gasteiger partial charge in [-0.15, -0.1) is 0 Å². The summed E-state index contributed by atoms with van der Waals surface area (Å²) in [5.74, 6) is 0. The summed E-state index contributed by atoms with van der Waals surface area (Å²) in [6.45, 7) is 0.716. The van der Waals surface area contributed by atoms with Crippen molar-refractivity contribution in [2.45, 2.75) is 25.0 Å². The Labute approximate surface area is 100 Å². The lowest BCUT2D eigenvalue weighted by atomic mass is 10.0. The molecule has 3 nitrogen and oxygen atoms in total. The van der Waals surface area contributed by atoms with Crippen molar-refractivity contribution in [2.75, 3.05) is 6.54 Å². The van der Waals surface area contributed by atoms with Crippen LogP contribution >= 0.6 is 0 Å². The van der Waals surface area contributed by atoms with Gasteiger partial charge in [0.1, 0.15) is 0 Å². The van der Waals surface area contributed by atoms with Crippen LogP contribution in [-0.2, 0) is 6.42 Å². The van der Waals surface area contributed by atoms with Crippen LogP contribution in [0.5, 0.6) is 0 Å². The molecule has 0 amide bonds. The lowest BCUT2D eigenvalue weighted by Gasteiger charge is -2.11. The van der Waals surface area contributed by atoms with Gasteiger partial charge in [0, 0.05) is 24.2 Å². The van der Waals surface area contributed by atoms with Crippen LogP contribution in [0, 0.1) is 0 Å². The van der Waals surface area contributed by atoms with Crippen LogP contribution in [0.1, 0.15) is 12.0 Å². The smallest absolute Gasteiger partial charge is 0.0704 e. The molecule has 0 radical (unpaired) electrons. The second kappa shape index (κ2) is 4.43. The van der Waals surface area contributed by atoms with E-state index in [0.717, 1.165) is 18.4 Å². The molecule has 88 valence electrons. The molecule has 1 aliphatic heterocycles. The number of aromatic nitrogens is 1. The van der Waals surface area contributed by atoms with E-state index in [4.69, 9.17) is 0 Å². The molecule has 2 heterocycles. The SMILES string of the molecule is OC1CNC(Cc2ccnc3ccccc23)C1. The first-order chi connectivity index (χ1) is 8.33. The summed E-state index contributed by atoms with van der Waals surface area (Å²) in [6, 6.07) is 10.7. The molecule has 17 heavy (non-hydrogen) atoms. The van der Waals surface area contributed by atoms with E-state index in [1.165, 1.54) is 10.9 Å².